The number of hydrogen-bond donors (Lipinski definition) is 0. The van der Waals surface area contributed by atoms with Gasteiger partial charge in [-0.1, -0.05) is 53.6 Å². The molecule has 5 heteroatoms. The van der Waals surface area contributed by atoms with Crippen molar-refractivity contribution in [3.8, 4) is 0 Å². The number of carbonyl (C=O) groups is 1. The summed E-state index contributed by atoms with van der Waals surface area (Å²) in [4.78, 5) is 16.7. The number of piperazine rings is 1. The summed E-state index contributed by atoms with van der Waals surface area (Å²) < 4.78 is 0. The fourth-order valence-electron chi connectivity index (χ4n) is 3.05. The van der Waals surface area contributed by atoms with Gasteiger partial charge in [-0.25, -0.2) is 0 Å². The molecule has 0 aliphatic carbocycles. The Morgan fingerprint density at radius 2 is 1.84 bits per heavy atom. The minimum atomic E-state index is 0.233. The second kappa shape index (κ2) is 8.63. The zero-order chi connectivity index (χ0) is 17.6. The van der Waals surface area contributed by atoms with Crippen LogP contribution in [0.5, 0.6) is 0 Å². The van der Waals surface area contributed by atoms with Gasteiger partial charge in [0, 0.05) is 31.9 Å². The molecule has 1 fully saturated rings. The van der Waals surface area contributed by atoms with Gasteiger partial charge in [0.05, 0.1) is 16.5 Å². The number of halogens is 1. The van der Waals surface area contributed by atoms with Gasteiger partial charge >= 0.3 is 0 Å². The highest BCUT2D eigenvalue weighted by molar-refractivity contribution is 7.99. The predicted molar refractivity (Wildman–Crippen MR) is 108 cm³/mol. The first kappa shape index (κ1) is 18.2. The summed E-state index contributed by atoms with van der Waals surface area (Å²) in [6.07, 6.45) is 0. The van der Waals surface area contributed by atoms with Crippen LogP contribution in [0.2, 0.25) is 5.02 Å². The third kappa shape index (κ3) is 4.93. The molecular weight excluding hydrogens is 352 g/mol. The number of anilines is 1. The second-order valence-electron chi connectivity index (χ2n) is 6.30. The molecule has 0 radical (unpaired) electrons. The van der Waals surface area contributed by atoms with Crippen LogP contribution in [0.25, 0.3) is 0 Å². The third-order valence-corrected chi connectivity index (χ3v) is 5.71. The van der Waals surface area contributed by atoms with Crippen molar-refractivity contribution in [2.45, 2.75) is 12.7 Å². The highest BCUT2D eigenvalue weighted by atomic mass is 35.5. The van der Waals surface area contributed by atoms with Gasteiger partial charge in [0.25, 0.3) is 0 Å². The molecule has 0 unspecified atom stereocenters. The van der Waals surface area contributed by atoms with Gasteiger partial charge < -0.3 is 9.80 Å². The highest BCUT2D eigenvalue weighted by Gasteiger charge is 2.22. The van der Waals surface area contributed by atoms with E-state index in [0.717, 1.165) is 42.6 Å². The summed E-state index contributed by atoms with van der Waals surface area (Å²) in [6.45, 7) is 5.28. The lowest BCUT2D eigenvalue weighted by Gasteiger charge is -2.36. The summed E-state index contributed by atoms with van der Waals surface area (Å²) in [5.41, 5.74) is 3.60. The van der Waals surface area contributed by atoms with Gasteiger partial charge in [0.15, 0.2) is 0 Å². The second-order valence-corrected chi connectivity index (χ2v) is 7.69. The van der Waals surface area contributed by atoms with Crippen LogP contribution in [0.3, 0.4) is 0 Å². The number of amides is 1. The average Bonchev–Trinajstić information content (AvgIpc) is 2.62. The molecule has 0 atom stereocenters. The Hall–Kier alpha value is -1.65. The largest absolute Gasteiger partial charge is 0.367 e. The maximum Gasteiger partial charge on any atom is 0.232 e. The number of para-hydroxylation sites is 1. The topological polar surface area (TPSA) is 23.6 Å². The maximum absolute atomic E-state index is 12.4. The number of hydrogen-bond acceptors (Lipinski definition) is 3. The summed E-state index contributed by atoms with van der Waals surface area (Å²) in [6, 6.07) is 16.4. The van der Waals surface area contributed by atoms with Crippen LogP contribution in [0.1, 0.15) is 11.1 Å². The lowest BCUT2D eigenvalue weighted by molar-refractivity contribution is -0.128. The van der Waals surface area contributed by atoms with Crippen LogP contribution in [-0.4, -0.2) is 42.7 Å². The highest BCUT2D eigenvalue weighted by Crippen LogP contribution is 2.26. The molecule has 25 heavy (non-hydrogen) atoms. The molecule has 0 spiro atoms. The Morgan fingerprint density at radius 1 is 1.08 bits per heavy atom. The molecule has 0 saturated carbocycles. The van der Waals surface area contributed by atoms with Gasteiger partial charge in [0.2, 0.25) is 5.91 Å². The van der Waals surface area contributed by atoms with Crippen LogP contribution in [0, 0.1) is 6.92 Å². The van der Waals surface area contributed by atoms with E-state index in [1.165, 1.54) is 11.1 Å². The first-order valence-corrected chi connectivity index (χ1v) is 10.1. The molecule has 1 amide bonds. The molecule has 132 valence electrons. The molecule has 0 aromatic heterocycles. The number of aryl methyl sites for hydroxylation is 1. The maximum atomic E-state index is 12.4. The molecule has 1 aliphatic rings. The number of carbonyl (C=O) groups excluding carboxylic acids is 1. The van der Waals surface area contributed by atoms with E-state index in [-0.39, 0.29) is 5.91 Å². The standard InChI is InChI=1S/C20H23ClN2OS/c1-16-5-4-6-17(13-16)14-25-15-20(24)23-11-9-22(10-12-23)19-8-3-2-7-18(19)21/h2-8,13H,9-12,14-15H2,1H3. The summed E-state index contributed by atoms with van der Waals surface area (Å²) in [7, 11) is 0. The smallest absolute Gasteiger partial charge is 0.232 e. The Kier molecular flexibility index (Phi) is 6.27. The first-order chi connectivity index (χ1) is 12.1. The van der Waals surface area contributed by atoms with Crippen molar-refractivity contribution in [1.82, 2.24) is 4.90 Å². The number of thioether (sulfide) groups is 1. The Balaban J connectivity index is 1.45. The fourth-order valence-corrected chi connectivity index (χ4v) is 4.18. The van der Waals surface area contributed by atoms with Crippen molar-refractivity contribution in [2.75, 3.05) is 36.8 Å². The molecule has 2 aromatic carbocycles. The number of rotatable bonds is 5. The van der Waals surface area contributed by atoms with E-state index in [1.54, 1.807) is 11.8 Å². The van der Waals surface area contributed by atoms with E-state index in [2.05, 4.69) is 36.1 Å². The summed E-state index contributed by atoms with van der Waals surface area (Å²) >= 11 is 7.96. The lowest BCUT2D eigenvalue weighted by atomic mass is 10.2. The van der Waals surface area contributed by atoms with Gasteiger partial charge in [-0.15, -0.1) is 11.8 Å². The predicted octanol–water partition coefficient (Wildman–Crippen LogP) is 4.23. The minimum Gasteiger partial charge on any atom is -0.367 e. The van der Waals surface area contributed by atoms with Gasteiger partial charge in [-0.2, -0.15) is 0 Å². The van der Waals surface area contributed by atoms with E-state index in [4.69, 9.17) is 11.6 Å². The third-order valence-electron chi connectivity index (χ3n) is 4.40. The molecule has 3 nitrogen and oxygen atoms in total. The normalized spacial score (nSPS) is 14.6. The van der Waals surface area contributed by atoms with E-state index in [0.29, 0.717) is 5.75 Å². The first-order valence-electron chi connectivity index (χ1n) is 8.54. The molecule has 1 saturated heterocycles. The number of benzene rings is 2. The Bertz CT molecular complexity index is 729. The van der Waals surface area contributed by atoms with Crippen LogP contribution >= 0.6 is 23.4 Å². The molecule has 0 N–H and O–H groups in total. The van der Waals surface area contributed by atoms with Gasteiger partial charge in [0.1, 0.15) is 0 Å². The zero-order valence-corrected chi connectivity index (χ0v) is 16.0. The van der Waals surface area contributed by atoms with Crippen molar-refractivity contribution < 1.29 is 4.79 Å². The molecule has 2 aromatic rings. The van der Waals surface area contributed by atoms with Gasteiger partial charge in [-0.3, -0.25) is 4.79 Å². The molecule has 1 heterocycles. The van der Waals surface area contributed by atoms with Crippen LogP contribution < -0.4 is 4.90 Å². The Morgan fingerprint density at radius 3 is 2.56 bits per heavy atom. The van der Waals surface area contributed by atoms with E-state index >= 15 is 0 Å². The van der Waals surface area contributed by atoms with E-state index in [9.17, 15) is 4.79 Å². The van der Waals surface area contributed by atoms with Crippen molar-refractivity contribution >= 4 is 35.0 Å². The van der Waals surface area contributed by atoms with Crippen molar-refractivity contribution in [1.29, 1.82) is 0 Å². The fraction of sp³-hybridized carbons (Fsp3) is 0.350. The average molecular weight is 375 g/mol. The monoisotopic (exact) mass is 374 g/mol. The summed E-state index contributed by atoms with van der Waals surface area (Å²) in [5, 5.41) is 0.774. The minimum absolute atomic E-state index is 0.233. The Labute approximate surface area is 159 Å². The molecule has 0 bridgehead atoms. The summed E-state index contributed by atoms with van der Waals surface area (Å²) in [5.74, 6) is 1.66. The van der Waals surface area contributed by atoms with Crippen LogP contribution in [0.4, 0.5) is 5.69 Å². The SMILES string of the molecule is Cc1cccc(CSCC(=O)N2CCN(c3ccccc3Cl)CC2)c1. The molecule has 1 aliphatic heterocycles. The quantitative estimate of drug-likeness (QED) is 0.782. The van der Waals surface area contributed by atoms with Crippen molar-refractivity contribution in [3.05, 3.63) is 64.7 Å². The molecule has 3 rings (SSSR count). The number of nitrogens with zero attached hydrogens (tertiary/aromatic N) is 2. The van der Waals surface area contributed by atoms with E-state index < -0.39 is 0 Å². The zero-order valence-electron chi connectivity index (χ0n) is 14.5. The molecular formula is C20H23ClN2OS. The lowest BCUT2D eigenvalue weighted by Crippen LogP contribution is -2.49. The van der Waals surface area contributed by atoms with Crippen LogP contribution in [-0.2, 0) is 10.5 Å². The van der Waals surface area contributed by atoms with Crippen molar-refractivity contribution in [3.63, 3.8) is 0 Å². The van der Waals surface area contributed by atoms with Gasteiger partial charge in [-0.05, 0) is 24.6 Å². The van der Waals surface area contributed by atoms with E-state index in [1.807, 2.05) is 29.2 Å². The van der Waals surface area contributed by atoms with Crippen molar-refractivity contribution in [2.24, 2.45) is 0 Å². The van der Waals surface area contributed by atoms with Crippen LogP contribution in [0.15, 0.2) is 48.5 Å².